The molecule has 0 saturated carbocycles. The summed E-state index contributed by atoms with van der Waals surface area (Å²) in [4.78, 5) is 14.4. The van der Waals surface area contributed by atoms with Gasteiger partial charge in [-0.3, -0.25) is 4.79 Å². The van der Waals surface area contributed by atoms with Crippen molar-refractivity contribution >= 4 is 5.91 Å². The van der Waals surface area contributed by atoms with E-state index in [1.54, 1.807) is 11.2 Å². The number of rotatable bonds is 5. The number of likely N-dealkylation sites (tertiary alicyclic amines) is 1. The van der Waals surface area contributed by atoms with Gasteiger partial charge in [-0.2, -0.15) is 0 Å². The molecule has 0 radical (unpaired) electrons. The Morgan fingerprint density at radius 2 is 2.00 bits per heavy atom. The molecule has 3 rings (SSSR count). The molecule has 4 heteroatoms. The monoisotopic (exact) mass is 355 g/mol. The van der Waals surface area contributed by atoms with Crippen molar-refractivity contribution in [2.75, 3.05) is 13.6 Å². The average molecular weight is 356 g/mol. The molecule has 0 spiro atoms. The van der Waals surface area contributed by atoms with E-state index in [0.29, 0.717) is 18.4 Å². The first kappa shape index (κ1) is 18.7. The largest absolute Gasteiger partial charge is 0.469 e. The van der Waals surface area contributed by atoms with E-state index in [4.69, 9.17) is 4.42 Å². The molecule has 26 heavy (non-hydrogen) atoms. The molecule has 1 aliphatic rings. The number of amides is 1. The molecule has 0 aliphatic carbocycles. The van der Waals surface area contributed by atoms with Crippen LogP contribution in [0.25, 0.3) is 0 Å². The van der Waals surface area contributed by atoms with Gasteiger partial charge in [-0.15, -0.1) is 0 Å². The van der Waals surface area contributed by atoms with Crippen LogP contribution in [-0.2, 0) is 4.79 Å². The van der Waals surface area contributed by atoms with E-state index in [1.165, 1.54) is 5.56 Å². The SMILES string of the molecule is Cc1ccc([C@@H](CC(=O)N[C@H]2C[C@H](C)[NH+](C)C[C@@H]2C)c2ccco2)cc1. The van der Waals surface area contributed by atoms with Gasteiger partial charge in [0.15, 0.2) is 0 Å². The van der Waals surface area contributed by atoms with Crippen LogP contribution in [0.2, 0.25) is 0 Å². The summed E-state index contributed by atoms with van der Waals surface area (Å²) in [5.41, 5.74) is 2.34. The maximum Gasteiger partial charge on any atom is 0.221 e. The normalized spacial score (nSPS) is 27.1. The molecule has 5 atom stereocenters. The summed E-state index contributed by atoms with van der Waals surface area (Å²) in [6.45, 7) is 7.68. The van der Waals surface area contributed by atoms with E-state index in [-0.39, 0.29) is 17.9 Å². The number of quaternary nitrogens is 1. The summed E-state index contributed by atoms with van der Waals surface area (Å²) >= 11 is 0. The van der Waals surface area contributed by atoms with Gasteiger partial charge in [-0.25, -0.2) is 0 Å². The van der Waals surface area contributed by atoms with E-state index < -0.39 is 0 Å². The number of carbonyl (C=O) groups excluding carboxylic acids is 1. The smallest absolute Gasteiger partial charge is 0.221 e. The molecule has 1 unspecified atom stereocenters. The lowest BCUT2D eigenvalue weighted by atomic mass is 9.88. The molecule has 1 aliphatic heterocycles. The summed E-state index contributed by atoms with van der Waals surface area (Å²) in [6.07, 6.45) is 3.13. The molecule has 1 aromatic carbocycles. The van der Waals surface area contributed by atoms with Gasteiger partial charge in [0, 0.05) is 24.8 Å². The highest BCUT2D eigenvalue weighted by molar-refractivity contribution is 5.77. The van der Waals surface area contributed by atoms with Gasteiger partial charge in [0.05, 0.1) is 31.8 Å². The fraction of sp³-hybridized carbons (Fsp3) is 0.500. The molecule has 2 N–H and O–H groups in total. The van der Waals surface area contributed by atoms with Gasteiger partial charge in [0.2, 0.25) is 5.91 Å². The third-order valence-corrected chi connectivity index (χ3v) is 5.88. The Morgan fingerprint density at radius 1 is 1.27 bits per heavy atom. The molecule has 4 nitrogen and oxygen atoms in total. The molecule has 1 aromatic heterocycles. The second kappa shape index (κ2) is 8.09. The Balaban J connectivity index is 1.71. The first-order valence-electron chi connectivity index (χ1n) is 9.65. The number of furan rings is 1. The molecule has 1 fully saturated rings. The van der Waals surface area contributed by atoms with E-state index in [2.05, 4.69) is 57.4 Å². The quantitative estimate of drug-likeness (QED) is 0.866. The zero-order valence-electron chi connectivity index (χ0n) is 16.3. The van der Waals surface area contributed by atoms with Gasteiger partial charge in [-0.05, 0) is 31.5 Å². The van der Waals surface area contributed by atoms with Crippen LogP contribution in [0.3, 0.4) is 0 Å². The first-order valence-corrected chi connectivity index (χ1v) is 9.65. The van der Waals surface area contributed by atoms with Crippen molar-refractivity contribution < 1.29 is 14.1 Å². The number of hydrogen-bond donors (Lipinski definition) is 2. The zero-order valence-corrected chi connectivity index (χ0v) is 16.3. The molecule has 140 valence electrons. The van der Waals surface area contributed by atoms with Gasteiger partial charge in [0.25, 0.3) is 0 Å². The van der Waals surface area contributed by atoms with Gasteiger partial charge in [-0.1, -0.05) is 36.8 Å². The molecule has 1 saturated heterocycles. The highest BCUT2D eigenvalue weighted by atomic mass is 16.3. The minimum Gasteiger partial charge on any atom is -0.469 e. The molecule has 2 heterocycles. The van der Waals surface area contributed by atoms with Crippen LogP contribution in [0.4, 0.5) is 0 Å². The average Bonchev–Trinajstić information content (AvgIpc) is 3.13. The minimum absolute atomic E-state index is 0.0461. The highest BCUT2D eigenvalue weighted by Gasteiger charge is 2.33. The van der Waals surface area contributed by atoms with Gasteiger partial charge in [0.1, 0.15) is 5.76 Å². The summed E-state index contributed by atoms with van der Waals surface area (Å²) in [7, 11) is 2.24. The third-order valence-electron chi connectivity index (χ3n) is 5.88. The van der Waals surface area contributed by atoms with Crippen molar-refractivity contribution in [2.45, 2.75) is 51.6 Å². The van der Waals surface area contributed by atoms with E-state index in [0.717, 1.165) is 24.3 Å². The van der Waals surface area contributed by atoms with E-state index in [9.17, 15) is 4.79 Å². The molecular weight excluding hydrogens is 324 g/mol. The standard InChI is InChI=1S/C22H30N2O2/c1-15-7-9-18(10-8-15)19(21-6-5-11-26-21)13-22(25)23-20-12-17(3)24(4)14-16(20)2/h5-11,16-17,19-20H,12-14H2,1-4H3,(H,23,25)/p+1/t16-,17-,19+,20-/m0/s1. The van der Waals surface area contributed by atoms with Crippen molar-refractivity contribution in [1.82, 2.24) is 5.32 Å². The Kier molecular flexibility index (Phi) is 5.82. The summed E-state index contributed by atoms with van der Waals surface area (Å²) in [6, 6.07) is 13.1. The fourth-order valence-electron chi connectivity index (χ4n) is 3.99. The van der Waals surface area contributed by atoms with Crippen molar-refractivity contribution in [3.63, 3.8) is 0 Å². The zero-order chi connectivity index (χ0) is 18.7. The first-order chi connectivity index (χ1) is 12.4. The number of hydrogen-bond acceptors (Lipinski definition) is 2. The van der Waals surface area contributed by atoms with E-state index in [1.807, 2.05) is 12.1 Å². The van der Waals surface area contributed by atoms with Crippen molar-refractivity contribution in [3.8, 4) is 0 Å². The predicted octanol–water partition coefficient (Wildman–Crippen LogP) is 2.54. The van der Waals surface area contributed by atoms with Gasteiger partial charge >= 0.3 is 0 Å². The van der Waals surface area contributed by atoms with Crippen LogP contribution >= 0.6 is 0 Å². The van der Waals surface area contributed by atoms with Crippen LogP contribution in [-0.4, -0.2) is 31.6 Å². The Hall–Kier alpha value is -2.07. The number of aryl methyl sites for hydroxylation is 1. The maximum atomic E-state index is 12.8. The number of carbonyl (C=O) groups is 1. The lowest BCUT2D eigenvalue weighted by molar-refractivity contribution is -0.913. The molecular formula is C22H31N2O2+. The summed E-state index contributed by atoms with van der Waals surface area (Å²) in [5.74, 6) is 1.40. The molecule has 1 amide bonds. The number of piperidine rings is 1. The Bertz CT molecular complexity index is 708. The van der Waals surface area contributed by atoms with Crippen LogP contribution in [0.5, 0.6) is 0 Å². The molecule has 0 bridgehead atoms. The minimum atomic E-state index is -0.0461. The predicted molar refractivity (Wildman–Crippen MR) is 103 cm³/mol. The summed E-state index contributed by atoms with van der Waals surface area (Å²) < 4.78 is 5.64. The second-order valence-corrected chi connectivity index (χ2v) is 8.02. The van der Waals surface area contributed by atoms with Crippen molar-refractivity contribution in [3.05, 3.63) is 59.5 Å². The lowest BCUT2D eigenvalue weighted by Crippen LogP contribution is -3.15. The fourth-order valence-corrected chi connectivity index (χ4v) is 3.99. The maximum absolute atomic E-state index is 12.8. The number of benzene rings is 1. The number of nitrogens with one attached hydrogen (secondary N) is 2. The second-order valence-electron chi connectivity index (χ2n) is 8.02. The topological polar surface area (TPSA) is 46.7 Å². The highest BCUT2D eigenvalue weighted by Crippen LogP contribution is 2.29. The van der Waals surface area contributed by atoms with Crippen LogP contribution in [0.15, 0.2) is 47.1 Å². The lowest BCUT2D eigenvalue weighted by Gasteiger charge is -2.37. The van der Waals surface area contributed by atoms with Crippen LogP contribution in [0, 0.1) is 12.8 Å². The van der Waals surface area contributed by atoms with Crippen molar-refractivity contribution in [2.24, 2.45) is 5.92 Å². The Labute approximate surface area is 156 Å². The van der Waals surface area contributed by atoms with Crippen molar-refractivity contribution in [1.29, 1.82) is 0 Å². The van der Waals surface area contributed by atoms with Crippen LogP contribution < -0.4 is 10.2 Å². The third kappa shape index (κ3) is 4.36. The van der Waals surface area contributed by atoms with E-state index >= 15 is 0 Å². The summed E-state index contributed by atoms with van der Waals surface area (Å²) in [5, 5.41) is 3.30. The molecule has 2 aromatic rings. The van der Waals surface area contributed by atoms with Gasteiger partial charge < -0.3 is 14.6 Å². The van der Waals surface area contributed by atoms with Crippen LogP contribution in [0.1, 0.15) is 49.5 Å². The Morgan fingerprint density at radius 3 is 2.65 bits per heavy atom.